The number of benzene rings is 3. The standard InChI is InChI=1S/C50H55ClN8O4/c1-31(2)33-14-16-42(39(25-33)40-30-57(7)45(61)43-38(40)17-18-53-43)62-36-12-8-10-32(24-36)11-9-19-58-20-22-59(23-21-58)48-54-28-35(29-55-48)44(60)56-46-49(3,4)47(50(46,5)6)63-37-15-13-34(27-52)41(51)26-37/h8,10,12-18,24-26,28-31,46-47,53H,9,11,19-23H2,1-7H3,(H,56,60). The van der Waals surface area contributed by atoms with Gasteiger partial charge in [0.15, 0.2) is 0 Å². The second kappa shape index (κ2) is 17.5. The number of hydrogen-bond acceptors (Lipinski definition) is 9. The number of fused-ring (bicyclic) bond motifs is 1. The van der Waals surface area contributed by atoms with Crippen LogP contribution in [0.2, 0.25) is 5.02 Å². The molecule has 6 aromatic rings. The number of amides is 1. The molecule has 326 valence electrons. The minimum atomic E-state index is -0.381. The number of nitrogens with zero attached hydrogens (tertiary/aromatic N) is 6. The molecule has 1 saturated carbocycles. The number of piperazine rings is 1. The Morgan fingerprint density at radius 3 is 2.41 bits per heavy atom. The number of nitriles is 1. The highest BCUT2D eigenvalue weighted by Crippen LogP contribution is 2.55. The van der Waals surface area contributed by atoms with Crippen molar-refractivity contribution in [1.82, 2.24) is 29.7 Å². The fraction of sp³-hybridized carbons (Fsp3) is 0.380. The Balaban J connectivity index is 0.826. The van der Waals surface area contributed by atoms with E-state index in [9.17, 15) is 14.9 Å². The number of H-pyrrole nitrogens is 1. The molecule has 1 amide bonds. The molecule has 12 nitrogen and oxygen atoms in total. The lowest BCUT2D eigenvalue weighted by molar-refractivity contribution is -0.164. The zero-order valence-corrected chi connectivity index (χ0v) is 37.8. The van der Waals surface area contributed by atoms with Crippen molar-refractivity contribution in [3.05, 3.63) is 129 Å². The van der Waals surface area contributed by atoms with E-state index in [1.54, 1.807) is 42.2 Å². The maximum absolute atomic E-state index is 13.5. The maximum atomic E-state index is 13.5. The average molecular weight is 867 g/mol. The van der Waals surface area contributed by atoms with Crippen LogP contribution in [0.4, 0.5) is 5.95 Å². The third-order valence-electron chi connectivity index (χ3n) is 12.9. The number of aromatic nitrogens is 4. The second-order valence-corrected chi connectivity index (χ2v) is 18.8. The fourth-order valence-electron chi connectivity index (χ4n) is 9.67. The number of aryl methyl sites for hydroxylation is 2. The molecule has 0 radical (unpaired) electrons. The molecule has 3 aromatic heterocycles. The summed E-state index contributed by atoms with van der Waals surface area (Å²) in [4.78, 5) is 43.3. The summed E-state index contributed by atoms with van der Waals surface area (Å²) in [6.45, 7) is 17.0. The Labute approximate surface area is 373 Å². The summed E-state index contributed by atoms with van der Waals surface area (Å²) in [5.41, 5.74) is 4.87. The summed E-state index contributed by atoms with van der Waals surface area (Å²) in [6, 6.07) is 23.6. The average Bonchev–Trinajstić information content (AvgIpc) is 3.77. The van der Waals surface area contributed by atoms with Gasteiger partial charge >= 0.3 is 0 Å². The van der Waals surface area contributed by atoms with Crippen LogP contribution in [0, 0.1) is 22.2 Å². The predicted octanol–water partition coefficient (Wildman–Crippen LogP) is 9.13. The van der Waals surface area contributed by atoms with Gasteiger partial charge in [0, 0.05) is 97.5 Å². The first-order valence-corrected chi connectivity index (χ1v) is 22.1. The van der Waals surface area contributed by atoms with Gasteiger partial charge in [-0.2, -0.15) is 5.26 Å². The first-order chi connectivity index (χ1) is 30.1. The number of ether oxygens (including phenoxy) is 2. The predicted molar refractivity (Wildman–Crippen MR) is 248 cm³/mol. The number of anilines is 1. The molecule has 2 fully saturated rings. The van der Waals surface area contributed by atoms with Crippen LogP contribution in [0.25, 0.3) is 22.0 Å². The van der Waals surface area contributed by atoms with Gasteiger partial charge in [-0.05, 0) is 78.9 Å². The number of carbonyl (C=O) groups excluding carboxylic acids is 1. The molecule has 2 N–H and O–H groups in total. The molecule has 0 spiro atoms. The largest absolute Gasteiger partial charge is 0.489 e. The Hall–Kier alpha value is -6.16. The van der Waals surface area contributed by atoms with E-state index in [4.69, 9.17) is 21.1 Å². The van der Waals surface area contributed by atoms with Crippen molar-refractivity contribution in [3.8, 4) is 34.4 Å². The lowest BCUT2D eigenvalue weighted by Crippen LogP contribution is -2.74. The lowest BCUT2D eigenvalue weighted by atomic mass is 9.49. The first-order valence-electron chi connectivity index (χ1n) is 21.7. The van der Waals surface area contributed by atoms with E-state index >= 15 is 0 Å². The highest BCUT2D eigenvalue weighted by molar-refractivity contribution is 6.31. The Bertz CT molecular complexity index is 2730. The van der Waals surface area contributed by atoms with E-state index in [0.717, 1.165) is 73.6 Å². The van der Waals surface area contributed by atoms with Gasteiger partial charge in [-0.25, -0.2) is 9.97 Å². The van der Waals surface area contributed by atoms with E-state index < -0.39 is 0 Å². The molecule has 1 aliphatic carbocycles. The molecule has 0 unspecified atom stereocenters. The van der Waals surface area contributed by atoms with Gasteiger partial charge in [0.25, 0.3) is 11.5 Å². The van der Waals surface area contributed by atoms with Crippen LogP contribution < -0.4 is 25.2 Å². The third-order valence-corrected chi connectivity index (χ3v) is 13.2. The zero-order valence-electron chi connectivity index (χ0n) is 37.0. The summed E-state index contributed by atoms with van der Waals surface area (Å²) in [7, 11) is 1.78. The first kappa shape index (κ1) is 43.5. The molecule has 0 bridgehead atoms. The van der Waals surface area contributed by atoms with Crippen molar-refractivity contribution in [2.75, 3.05) is 37.6 Å². The van der Waals surface area contributed by atoms with Gasteiger partial charge < -0.3 is 29.2 Å². The molecular weight excluding hydrogens is 812 g/mol. The molecule has 8 rings (SSSR count). The normalized spacial score (nSPS) is 18.2. The highest BCUT2D eigenvalue weighted by Gasteiger charge is 2.64. The van der Waals surface area contributed by atoms with E-state index in [2.05, 4.69) is 102 Å². The van der Waals surface area contributed by atoms with Crippen LogP contribution in [0.1, 0.15) is 80.9 Å². The van der Waals surface area contributed by atoms with E-state index in [1.807, 2.05) is 36.7 Å². The fourth-order valence-corrected chi connectivity index (χ4v) is 9.88. The molecule has 2 aliphatic rings. The summed E-state index contributed by atoms with van der Waals surface area (Å²) < 4.78 is 14.6. The van der Waals surface area contributed by atoms with Crippen molar-refractivity contribution < 1.29 is 14.3 Å². The van der Waals surface area contributed by atoms with Crippen molar-refractivity contribution in [3.63, 3.8) is 0 Å². The van der Waals surface area contributed by atoms with Crippen LogP contribution in [-0.4, -0.2) is 75.2 Å². The topological polar surface area (TPSA) is 141 Å². The molecule has 63 heavy (non-hydrogen) atoms. The Morgan fingerprint density at radius 1 is 0.968 bits per heavy atom. The number of hydrogen-bond donors (Lipinski definition) is 2. The van der Waals surface area contributed by atoms with Crippen LogP contribution in [0.15, 0.2) is 96.3 Å². The molecule has 1 aliphatic heterocycles. The second-order valence-electron chi connectivity index (χ2n) is 18.4. The summed E-state index contributed by atoms with van der Waals surface area (Å²) in [5, 5.41) is 13.7. The van der Waals surface area contributed by atoms with Gasteiger partial charge in [-0.15, -0.1) is 0 Å². The number of aromatic amines is 1. The van der Waals surface area contributed by atoms with E-state index in [0.29, 0.717) is 39.3 Å². The van der Waals surface area contributed by atoms with Gasteiger partial charge in [0.2, 0.25) is 5.95 Å². The van der Waals surface area contributed by atoms with Crippen LogP contribution >= 0.6 is 11.6 Å². The highest BCUT2D eigenvalue weighted by atomic mass is 35.5. The lowest BCUT2D eigenvalue weighted by Gasteiger charge is -2.63. The number of carbonyl (C=O) groups is 1. The van der Waals surface area contributed by atoms with E-state index in [-0.39, 0.29) is 34.4 Å². The van der Waals surface area contributed by atoms with Crippen LogP contribution in [-0.2, 0) is 13.5 Å². The van der Waals surface area contributed by atoms with Crippen molar-refractivity contribution >= 4 is 34.4 Å². The van der Waals surface area contributed by atoms with Gasteiger partial charge in [0.05, 0.1) is 16.1 Å². The minimum Gasteiger partial charge on any atom is -0.489 e. The SMILES string of the molecule is CC(C)c1ccc(Oc2cccc(CCCN3CCN(c4ncc(C(=O)NC5C(C)(C)C(Oc6ccc(C#N)c(Cl)c6)C5(C)C)cn4)CC3)c2)c(-c2cn(C)c(=O)c3[nH]ccc23)c1. The van der Waals surface area contributed by atoms with Crippen molar-refractivity contribution in [2.24, 2.45) is 17.9 Å². The molecular formula is C50H55ClN8O4. The molecule has 0 atom stereocenters. The van der Waals surface area contributed by atoms with Gasteiger partial charge in [-0.3, -0.25) is 14.5 Å². The number of halogens is 1. The molecule has 3 aromatic carbocycles. The maximum Gasteiger partial charge on any atom is 0.274 e. The Kier molecular flexibility index (Phi) is 12.1. The summed E-state index contributed by atoms with van der Waals surface area (Å²) >= 11 is 6.26. The van der Waals surface area contributed by atoms with Crippen molar-refractivity contribution in [1.29, 1.82) is 5.26 Å². The number of rotatable bonds is 13. The van der Waals surface area contributed by atoms with Crippen LogP contribution in [0.5, 0.6) is 17.2 Å². The minimum absolute atomic E-state index is 0.0622. The number of pyridine rings is 1. The quantitative estimate of drug-likeness (QED) is 0.116. The third kappa shape index (κ3) is 8.77. The van der Waals surface area contributed by atoms with Crippen LogP contribution in [0.3, 0.4) is 0 Å². The Morgan fingerprint density at radius 2 is 1.71 bits per heavy atom. The monoisotopic (exact) mass is 866 g/mol. The smallest absolute Gasteiger partial charge is 0.274 e. The number of nitrogens with one attached hydrogen (secondary N) is 2. The summed E-state index contributed by atoms with van der Waals surface area (Å²) in [6.07, 6.45) is 8.66. The van der Waals surface area contributed by atoms with E-state index in [1.165, 1.54) is 11.1 Å². The van der Waals surface area contributed by atoms with Crippen molar-refractivity contribution in [2.45, 2.75) is 72.4 Å². The van der Waals surface area contributed by atoms with Gasteiger partial charge in [-0.1, -0.05) is 71.3 Å². The molecule has 13 heteroatoms. The van der Waals surface area contributed by atoms with Gasteiger partial charge in [0.1, 0.15) is 34.9 Å². The summed E-state index contributed by atoms with van der Waals surface area (Å²) in [5.74, 6) is 2.84. The molecule has 4 heterocycles. The zero-order chi connectivity index (χ0) is 44.6. The molecule has 1 saturated heterocycles.